The largest absolute Gasteiger partial charge is 0.352 e. The van der Waals surface area contributed by atoms with Gasteiger partial charge in [-0.05, 0) is 66.8 Å². The standard InChI is InChI=1S/C32H37Cl2N3O4S/c1-23-18-27(34)16-17-29(23)37(42(2,40)41)22-31(38)36(21-25-12-9-13-26(33)19-25)30(20-24-10-5-3-6-11-24)32(39)35-28-14-7-4-8-15-28/h3,5-6,9-13,16-19,28,30H,4,7-8,14-15,20-22H2,1-2H3,(H,35,39)/t30-/m0/s1. The van der Waals surface area contributed by atoms with Crippen LogP contribution >= 0.6 is 23.2 Å². The first-order chi connectivity index (χ1) is 20.0. The van der Waals surface area contributed by atoms with Gasteiger partial charge in [0.05, 0.1) is 11.9 Å². The third-order valence-electron chi connectivity index (χ3n) is 7.57. The molecule has 10 heteroatoms. The molecule has 42 heavy (non-hydrogen) atoms. The van der Waals surface area contributed by atoms with Crippen LogP contribution in [0.4, 0.5) is 5.69 Å². The number of carbonyl (C=O) groups is 2. The van der Waals surface area contributed by atoms with Crippen molar-refractivity contribution in [3.05, 3.63) is 99.5 Å². The molecule has 3 aromatic carbocycles. The molecule has 1 saturated carbocycles. The Labute approximate surface area is 258 Å². The molecule has 2 amide bonds. The number of anilines is 1. The van der Waals surface area contributed by atoms with Gasteiger partial charge >= 0.3 is 0 Å². The Morgan fingerprint density at radius 1 is 0.905 bits per heavy atom. The summed E-state index contributed by atoms with van der Waals surface area (Å²) in [5, 5.41) is 4.16. The highest BCUT2D eigenvalue weighted by molar-refractivity contribution is 7.92. The Balaban J connectivity index is 1.74. The van der Waals surface area contributed by atoms with Gasteiger partial charge in [0.25, 0.3) is 0 Å². The summed E-state index contributed by atoms with van der Waals surface area (Å²) >= 11 is 12.4. The van der Waals surface area contributed by atoms with Crippen LogP contribution in [0.2, 0.25) is 10.0 Å². The molecule has 0 aliphatic heterocycles. The van der Waals surface area contributed by atoms with Gasteiger partial charge in [-0.15, -0.1) is 0 Å². The Morgan fingerprint density at radius 3 is 2.21 bits per heavy atom. The van der Waals surface area contributed by atoms with Crippen molar-refractivity contribution in [3.8, 4) is 0 Å². The molecule has 0 aromatic heterocycles. The molecule has 1 atom stereocenters. The van der Waals surface area contributed by atoms with Crippen LogP contribution in [-0.4, -0.2) is 50.0 Å². The third kappa shape index (κ3) is 8.72. The van der Waals surface area contributed by atoms with E-state index >= 15 is 0 Å². The maximum absolute atomic E-state index is 14.3. The fourth-order valence-electron chi connectivity index (χ4n) is 5.42. The fraction of sp³-hybridized carbons (Fsp3) is 0.375. The van der Waals surface area contributed by atoms with Crippen molar-refractivity contribution >= 4 is 50.7 Å². The van der Waals surface area contributed by atoms with E-state index in [4.69, 9.17) is 23.2 Å². The number of carbonyl (C=O) groups excluding carboxylic acids is 2. The minimum absolute atomic E-state index is 0.0388. The van der Waals surface area contributed by atoms with Crippen LogP contribution in [0.3, 0.4) is 0 Å². The number of amides is 2. The fourth-order valence-corrected chi connectivity index (χ4v) is 6.77. The maximum atomic E-state index is 14.3. The zero-order valence-electron chi connectivity index (χ0n) is 23.9. The van der Waals surface area contributed by atoms with Gasteiger partial charge in [-0.3, -0.25) is 13.9 Å². The molecule has 1 fully saturated rings. The number of rotatable bonds is 11. The molecule has 7 nitrogen and oxygen atoms in total. The first-order valence-corrected chi connectivity index (χ1v) is 16.7. The summed E-state index contributed by atoms with van der Waals surface area (Å²) in [7, 11) is -3.87. The van der Waals surface area contributed by atoms with Gasteiger partial charge in [-0.2, -0.15) is 0 Å². The molecule has 1 aliphatic rings. The van der Waals surface area contributed by atoms with Gasteiger partial charge in [0.1, 0.15) is 12.6 Å². The van der Waals surface area contributed by atoms with E-state index in [1.165, 1.54) is 4.90 Å². The number of halogens is 2. The second-order valence-corrected chi connectivity index (χ2v) is 13.7. The quantitative estimate of drug-likeness (QED) is 0.275. The molecular formula is C32H37Cl2N3O4S. The van der Waals surface area contributed by atoms with Gasteiger partial charge in [0, 0.05) is 29.1 Å². The summed E-state index contributed by atoms with van der Waals surface area (Å²) in [5.74, 6) is -0.760. The molecule has 224 valence electrons. The van der Waals surface area contributed by atoms with E-state index in [1.54, 1.807) is 43.3 Å². The topological polar surface area (TPSA) is 86.8 Å². The number of benzene rings is 3. The van der Waals surface area contributed by atoms with Crippen LogP contribution in [0.15, 0.2) is 72.8 Å². The smallest absolute Gasteiger partial charge is 0.244 e. The molecule has 1 aliphatic carbocycles. The highest BCUT2D eigenvalue weighted by Crippen LogP contribution is 2.27. The molecule has 0 spiro atoms. The molecule has 0 unspecified atom stereocenters. The summed E-state index contributed by atoms with van der Waals surface area (Å²) in [4.78, 5) is 29.7. The van der Waals surface area contributed by atoms with Gasteiger partial charge in [-0.25, -0.2) is 8.42 Å². The lowest BCUT2D eigenvalue weighted by molar-refractivity contribution is -0.140. The van der Waals surface area contributed by atoms with Crippen LogP contribution in [0.1, 0.15) is 48.8 Å². The highest BCUT2D eigenvalue weighted by Gasteiger charge is 2.34. The van der Waals surface area contributed by atoms with E-state index in [0.29, 0.717) is 21.3 Å². The lowest BCUT2D eigenvalue weighted by Crippen LogP contribution is -2.55. The summed E-state index contributed by atoms with van der Waals surface area (Å²) in [5.41, 5.74) is 2.58. The molecule has 0 radical (unpaired) electrons. The van der Waals surface area contributed by atoms with Gasteiger partial charge in [0.15, 0.2) is 0 Å². The van der Waals surface area contributed by atoms with Crippen molar-refractivity contribution in [2.45, 2.75) is 64.1 Å². The number of aryl methyl sites for hydroxylation is 1. The zero-order valence-corrected chi connectivity index (χ0v) is 26.3. The molecule has 4 rings (SSSR count). The molecule has 0 heterocycles. The van der Waals surface area contributed by atoms with Crippen LogP contribution in [0, 0.1) is 6.92 Å². The first-order valence-electron chi connectivity index (χ1n) is 14.1. The van der Waals surface area contributed by atoms with Crippen molar-refractivity contribution in [1.29, 1.82) is 0 Å². The molecule has 0 saturated heterocycles. The Bertz CT molecular complexity index is 1490. The Kier molecular flexibility index (Phi) is 10.9. The van der Waals surface area contributed by atoms with Crippen LogP contribution in [0.5, 0.6) is 0 Å². The van der Waals surface area contributed by atoms with Crippen molar-refractivity contribution < 1.29 is 18.0 Å². The molecule has 0 bridgehead atoms. The van der Waals surface area contributed by atoms with Gasteiger partial charge in [0.2, 0.25) is 21.8 Å². The lowest BCUT2D eigenvalue weighted by Gasteiger charge is -2.35. The van der Waals surface area contributed by atoms with Gasteiger partial charge < -0.3 is 10.2 Å². The third-order valence-corrected chi connectivity index (χ3v) is 9.17. The number of sulfonamides is 1. The molecular weight excluding hydrogens is 593 g/mol. The van der Waals surface area contributed by atoms with Crippen molar-refractivity contribution in [2.24, 2.45) is 0 Å². The lowest BCUT2D eigenvalue weighted by atomic mass is 9.94. The van der Waals surface area contributed by atoms with E-state index in [2.05, 4.69) is 5.32 Å². The molecule has 3 aromatic rings. The first kappa shape index (κ1) is 31.9. The van der Waals surface area contributed by atoms with E-state index in [0.717, 1.165) is 53.8 Å². The highest BCUT2D eigenvalue weighted by atomic mass is 35.5. The van der Waals surface area contributed by atoms with E-state index in [9.17, 15) is 18.0 Å². The number of hydrogen-bond acceptors (Lipinski definition) is 4. The SMILES string of the molecule is Cc1cc(Cl)ccc1N(CC(=O)N(Cc1cccc(Cl)c1)[C@@H](Cc1ccccc1)C(=O)NC1CCCCC1)S(C)(=O)=O. The van der Waals surface area contributed by atoms with Crippen LogP contribution in [-0.2, 0) is 32.6 Å². The Morgan fingerprint density at radius 2 is 1.57 bits per heavy atom. The van der Waals surface area contributed by atoms with Crippen molar-refractivity contribution in [1.82, 2.24) is 10.2 Å². The minimum atomic E-state index is -3.87. The van der Waals surface area contributed by atoms with Crippen LogP contribution < -0.4 is 9.62 Å². The predicted molar refractivity (Wildman–Crippen MR) is 169 cm³/mol. The van der Waals surface area contributed by atoms with Crippen molar-refractivity contribution in [2.75, 3.05) is 17.1 Å². The number of nitrogens with one attached hydrogen (secondary N) is 1. The summed E-state index contributed by atoms with van der Waals surface area (Å²) in [6.45, 7) is 1.33. The molecule has 1 N–H and O–H groups in total. The average Bonchev–Trinajstić information content (AvgIpc) is 2.94. The van der Waals surface area contributed by atoms with Crippen LogP contribution in [0.25, 0.3) is 0 Å². The summed E-state index contributed by atoms with van der Waals surface area (Å²) < 4.78 is 27.1. The predicted octanol–water partition coefficient (Wildman–Crippen LogP) is 6.16. The number of hydrogen-bond donors (Lipinski definition) is 1. The van der Waals surface area contributed by atoms with Gasteiger partial charge in [-0.1, -0.05) is 84.9 Å². The van der Waals surface area contributed by atoms with E-state index in [1.807, 2.05) is 36.4 Å². The minimum Gasteiger partial charge on any atom is -0.352 e. The average molecular weight is 631 g/mol. The van der Waals surface area contributed by atoms with E-state index in [-0.39, 0.29) is 24.9 Å². The monoisotopic (exact) mass is 629 g/mol. The van der Waals surface area contributed by atoms with Crippen molar-refractivity contribution in [3.63, 3.8) is 0 Å². The second-order valence-electron chi connectivity index (χ2n) is 10.9. The van der Waals surface area contributed by atoms with E-state index < -0.39 is 28.5 Å². The maximum Gasteiger partial charge on any atom is 0.244 e. The summed E-state index contributed by atoms with van der Waals surface area (Å²) in [6, 6.07) is 20.6. The second kappa shape index (κ2) is 14.4. The number of nitrogens with zero attached hydrogens (tertiary/aromatic N) is 2. The Hall–Kier alpha value is -3.07. The normalized spacial score (nSPS) is 14.7. The zero-order chi connectivity index (χ0) is 30.3. The summed E-state index contributed by atoms with van der Waals surface area (Å²) in [6.07, 6.45) is 6.35.